The standard InChI is InChI=1S/C14H14ClN3O3/c15-11-3-1-10(2-4-11)8-21-14(19)17-12-7-18-6-5-16-13(18)20-9-12/h1-6,12H,7-9H2,(H,17,19). The fourth-order valence-electron chi connectivity index (χ4n) is 2.07. The van der Waals surface area contributed by atoms with Gasteiger partial charge in [-0.2, -0.15) is 0 Å². The minimum absolute atomic E-state index is 0.135. The Morgan fingerprint density at radius 1 is 1.48 bits per heavy atom. The predicted molar refractivity (Wildman–Crippen MR) is 76.3 cm³/mol. The Morgan fingerprint density at radius 2 is 2.29 bits per heavy atom. The van der Waals surface area contributed by atoms with Crippen LogP contribution in [0.5, 0.6) is 6.01 Å². The van der Waals surface area contributed by atoms with E-state index < -0.39 is 6.09 Å². The van der Waals surface area contributed by atoms with Crippen LogP contribution in [-0.4, -0.2) is 28.3 Å². The molecule has 0 spiro atoms. The zero-order chi connectivity index (χ0) is 14.7. The molecule has 2 aromatic rings. The highest BCUT2D eigenvalue weighted by atomic mass is 35.5. The molecular weight excluding hydrogens is 294 g/mol. The van der Waals surface area contributed by atoms with Crippen LogP contribution in [-0.2, 0) is 17.9 Å². The molecule has 1 amide bonds. The zero-order valence-electron chi connectivity index (χ0n) is 11.2. The maximum atomic E-state index is 11.8. The van der Waals surface area contributed by atoms with Crippen molar-refractivity contribution in [1.82, 2.24) is 14.9 Å². The second-order valence-electron chi connectivity index (χ2n) is 4.72. The molecule has 3 rings (SSSR count). The third-order valence-corrected chi connectivity index (χ3v) is 3.37. The number of fused-ring (bicyclic) bond motifs is 1. The normalized spacial score (nSPS) is 16.7. The number of benzene rings is 1. The van der Waals surface area contributed by atoms with Crippen LogP contribution in [0, 0.1) is 0 Å². The van der Waals surface area contributed by atoms with Gasteiger partial charge < -0.3 is 14.8 Å². The van der Waals surface area contributed by atoms with Crippen LogP contribution in [0.2, 0.25) is 5.02 Å². The van der Waals surface area contributed by atoms with E-state index in [9.17, 15) is 4.79 Å². The van der Waals surface area contributed by atoms with Crippen LogP contribution in [0.3, 0.4) is 0 Å². The van der Waals surface area contributed by atoms with Crippen LogP contribution in [0.25, 0.3) is 0 Å². The second-order valence-corrected chi connectivity index (χ2v) is 5.15. The predicted octanol–water partition coefficient (Wildman–Crippen LogP) is 2.22. The van der Waals surface area contributed by atoms with Gasteiger partial charge in [-0.3, -0.25) is 4.57 Å². The van der Waals surface area contributed by atoms with E-state index in [0.29, 0.717) is 24.2 Å². The molecule has 1 aliphatic heterocycles. The van der Waals surface area contributed by atoms with E-state index in [4.69, 9.17) is 21.1 Å². The highest BCUT2D eigenvalue weighted by molar-refractivity contribution is 6.30. The molecular formula is C14H14ClN3O3. The largest absolute Gasteiger partial charge is 0.462 e. The number of nitrogens with one attached hydrogen (secondary N) is 1. The zero-order valence-corrected chi connectivity index (χ0v) is 11.9. The van der Waals surface area contributed by atoms with Gasteiger partial charge in [-0.05, 0) is 17.7 Å². The summed E-state index contributed by atoms with van der Waals surface area (Å²) < 4.78 is 12.4. The lowest BCUT2D eigenvalue weighted by molar-refractivity contribution is 0.121. The second kappa shape index (κ2) is 6.05. The minimum atomic E-state index is -0.470. The molecule has 1 aliphatic rings. The Labute approximate surface area is 126 Å². The quantitative estimate of drug-likeness (QED) is 0.944. The third kappa shape index (κ3) is 3.46. The Bertz CT molecular complexity index is 627. The van der Waals surface area contributed by atoms with Crippen LogP contribution < -0.4 is 10.1 Å². The Hall–Kier alpha value is -2.21. The maximum absolute atomic E-state index is 11.8. The van der Waals surface area contributed by atoms with Gasteiger partial charge >= 0.3 is 6.09 Å². The highest BCUT2D eigenvalue weighted by Gasteiger charge is 2.21. The van der Waals surface area contributed by atoms with E-state index in [1.54, 1.807) is 18.3 Å². The average Bonchev–Trinajstić information content (AvgIpc) is 2.94. The van der Waals surface area contributed by atoms with Gasteiger partial charge in [-0.1, -0.05) is 23.7 Å². The van der Waals surface area contributed by atoms with Crippen LogP contribution in [0.1, 0.15) is 5.56 Å². The Morgan fingerprint density at radius 3 is 3.10 bits per heavy atom. The number of aromatic nitrogens is 2. The summed E-state index contributed by atoms with van der Waals surface area (Å²) in [6.45, 7) is 1.20. The van der Waals surface area contributed by atoms with E-state index in [1.165, 1.54) is 0 Å². The third-order valence-electron chi connectivity index (χ3n) is 3.11. The highest BCUT2D eigenvalue weighted by Crippen LogP contribution is 2.14. The maximum Gasteiger partial charge on any atom is 0.407 e. The first-order valence-corrected chi connectivity index (χ1v) is 6.90. The van der Waals surface area contributed by atoms with Crippen LogP contribution in [0.15, 0.2) is 36.7 Å². The van der Waals surface area contributed by atoms with Crippen molar-refractivity contribution in [2.75, 3.05) is 6.61 Å². The summed E-state index contributed by atoms with van der Waals surface area (Å²) in [5.74, 6) is 0. The van der Waals surface area contributed by atoms with Gasteiger partial charge in [0, 0.05) is 17.4 Å². The summed E-state index contributed by atoms with van der Waals surface area (Å²) in [7, 11) is 0. The number of amides is 1. The molecule has 0 bridgehead atoms. The summed E-state index contributed by atoms with van der Waals surface area (Å²) in [5, 5.41) is 3.42. The van der Waals surface area contributed by atoms with Crippen molar-refractivity contribution in [2.24, 2.45) is 0 Å². The van der Waals surface area contributed by atoms with Crippen molar-refractivity contribution in [3.63, 3.8) is 0 Å². The smallest absolute Gasteiger partial charge is 0.407 e. The first-order valence-electron chi connectivity index (χ1n) is 6.52. The monoisotopic (exact) mass is 307 g/mol. The molecule has 6 nitrogen and oxygen atoms in total. The molecule has 110 valence electrons. The molecule has 1 aromatic carbocycles. The number of imidazole rings is 1. The topological polar surface area (TPSA) is 65.4 Å². The molecule has 0 radical (unpaired) electrons. The Balaban J connectivity index is 1.47. The number of nitrogens with zero attached hydrogens (tertiary/aromatic N) is 2. The molecule has 21 heavy (non-hydrogen) atoms. The fraction of sp³-hybridized carbons (Fsp3) is 0.286. The molecule has 0 saturated heterocycles. The number of alkyl carbamates (subject to hydrolysis) is 1. The lowest BCUT2D eigenvalue weighted by Crippen LogP contribution is -2.44. The molecule has 0 fully saturated rings. The van der Waals surface area contributed by atoms with E-state index in [2.05, 4.69) is 10.3 Å². The van der Waals surface area contributed by atoms with Crippen molar-refractivity contribution in [2.45, 2.75) is 19.2 Å². The minimum Gasteiger partial charge on any atom is -0.462 e. The van der Waals surface area contributed by atoms with Gasteiger partial charge in [-0.25, -0.2) is 9.78 Å². The molecule has 7 heteroatoms. The first kappa shape index (κ1) is 13.8. The molecule has 1 N–H and O–H groups in total. The summed E-state index contributed by atoms with van der Waals surface area (Å²) in [6.07, 6.45) is 3.00. The van der Waals surface area contributed by atoms with Crippen molar-refractivity contribution >= 4 is 17.7 Å². The molecule has 2 heterocycles. The summed E-state index contributed by atoms with van der Waals surface area (Å²) in [4.78, 5) is 15.8. The number of carbonyl (C=O) groups excluding carboxylic acids is 1. The summed E-state index contributed by atoms with van der Waals surface area (Å²) in [6, 6.07) is 7.59. The summed E-state index contributed by atoms with van der Waals surface area (Å²) >= 11 is 5.79. The van der Waals surface area contributed by atoms with E-state index >= 15 is 0 Å². The number of carbonyl (C=O) groups is 1. The molecule has 1 unspecified atom stereocenters. The number of hydrogen-bond acceptors (Lipinski definition) is 4. The fourth-order valence-corrected chi connectivity index (χ4v) is 2.19. The van der Waals surface area contributed by atoms with E-state index in [-0.39, 0.29) is 12.6 Å². The molecule has 1 atom stereocenters. The van der Waals surface area contributed by atoms with Crippen LogP contribution in [0.4, 0.5) is 4.79 Å². The lowest BCUT2D eigenvalue weighted by Gasteiger charge is -2.24. The van der Waals surface area contributed by atoms with E-state index in [1.807, 2.05) is 22.9 Å². The number of halogens is 1. The van der Waals surface area contributed by atoms with Gasteiger partial charge in [0.15, 0.2) is 0 Å². The van der Waals surface area contributed by atoms with Crippen LogP contribution >= 0.6 is 11.6 Å². The van der Waals surface area contributed by atoms with Gasteiger partial charge in [0.1, 0.15) is 13.2 Å². The van der Waals surface area contributed by atoms with Gasteiger partial charge in [-0.15, -0.1) is 0 Å². The lowest BCUT2D eigenvalue weighted by atomic mass is 10.2. The Kier molecular flexibility index (Phi) is 3.96. The molecule has 1 aromatic heterocycles. The molecule has 0 saturated carbocycles. The number of rotatable bonds is 3. The van der Waals surface area contributed by atoms with Gasteiger partial charge in [0.25, 0.3) is 6.01 Å². The van der Waals surface area contributed by atoms with Crippen molar-refractivity contribution in [3.05, 3.63) is 47.2 Å². The van der Waals surface area contributed by atoms with Crippen molar-refractivity contribution in [3.8, 4) is 6.01 Å². The molecule has 0 aliphatic carbocycles. The average molecular weight is 308 g/mol. The van der Waals surface area contributed by atoms with Gasteiger partial charge in [0.2, 0.25) is 0 Å². The van der Waals surface area contributed by atoms with Crippen molar-refractivity contribution < 1.29 is 14.3 Å². The van der Waals surface area contributed by atoms with Gasteiger partial charge in [0.05, 0.1) is 12.6 Å². The van der Waals surface area contributed by atoms with E-state index in [0.717, 1.165) is 5.56 Å². The summed E-state index contributed by atoms with van der Waals surface area (Å²) in [5.41, 5.74) is 0.881. The van der Waals surface area contributed by atoms with Crippen molar-refractivity contribution in [1.29, 1.82) is 0 Å². The number of ether oxygens (including phenoxy) is 2. The number of hydrogen-bond donors (Lipinski definition) is 1. The SMILES string of the molecule is O=C(NC1COc2nccn2C1)OCc1ccc(Cl)cc1. The first-order chi connectivity index (χ1) is 10.2.